The van der Waals surface area contributed by atoms with Crippen LogP contribution in [-0.4, -0.2) is 35.3 Å². The number of carbonyl (C=O) groups excluding carboxylic acids is 1. The van der Waals surface area contributed by atoms with Crippen LogP contribution in [0.4, 0.5) is 4.79 Å². The minimum atomic E-state index is -0.478. The van der Waals surface area contributed by atoms with Gasteiger partial charge in [-0.3, -0.25) is 0 Å². The predicted octanol–water partition coefficient (Wildman–Crippen LogP) is 1.39. The van der Waals surface area contributed by atoms with Gasteiger partial charge in [0.15, 0.2) is 0 Å². The normalized spacial score (nSPS) is 12.4. The number of hydrogen-bond acceptors (Lipinski definition) is 4. The molecule has 2 amide bonds. The van der Waals surface area contributed by atoms with Crippen molar-refractivity contribution in [3.63, 3.8) is 0 Å². The molecule has 5 nitrogen and oxygen atoms in total. The fourth-order valence-electron chi connectivity index (χ4n) is 1.57. The number of aromatic nitrogens is 1. The van der Waals surface area contributed by atoms with Crippen LogP contribution < -0.4 is 10.6 Å². The second kappa shape index (κ2) is 8.05. The Kier molecular flexibility index (Phi) is 6.67. The van der Waals surface area contributed by atoms with Gasteiger partial charge >= 0.3 is 6.03 Å². The summed E-state index contributed by atoms with van der Waals surface area (Å²) < 4.78 is 0. The third-order valence-corrected chi connectivity index (χ3v) is 3.03. The topological polar surface area (TPSA) is 74.2 Å². The molecule has 0 bridgehead atoms. The first kappa shape index (κ1) is 14.9. The molecule has 0 fully saturated rings. The first-order valence-electron chi connectivity index (χ1n) is 6.14. The number of carbonyl (C=O) groups is 1. The van der Waals surface area contributed by atoms with Gasteiger partial charge in [-0.15, -0.1) is 11.3 Å². The zero-order valence-corrected chi connectivity index (χ0v) is 11.7. The Balaban J connectivity index is 2.07. The summed E-state index contributed by atoms with van der Waals surface area (Å²) in [7, 11) is 0. The van der Waals surface area contributed by atoms with Crippen LogP contribution in [0.2, 0.25) is 0 Å². The van der Waals surface area contributed by atoms with Crippen LogP contribution in [0.15, 0.2) is 10.9 Å². The second-order valence-corrected chi connectivity index (χ2v) is 5.37. The van der Waals surface area contributed by atoms with Gasteiger partial charge < -0.3 is 15.7 Å². The summed E-state index contributed by atoms with van der Waals surface area (Å²) in [5.41, 5.74) is 2.76. The number of aliphatic hydroxyl groups is 1. The highest BCUT2D eigenvalue weighted by Crippen LogP contribution is 2.03. The summed E-state index contributed by atoms with van der Waals surface area (Å²) in [4.78, 5) is 15.5. The highest BCUT2D eigenvalue weighted by atomic mass is 32.1. The lowest BCUT2D eigenvalue weighted by Gasteiger charge is -2.14. The largest absolute Gasteiger partial charge is 0.391 e. The molecule has 6 heteroatoms. The van der Waals surface area contributed by atoms with Gasteiger partial charge in [-0.25, -0.2) is 9.78 Å². The van der Waals surface area contributed by atoms with E-state index in [9.17, 15) is 9.90 Å². The number of urea groups is 1. The van der Waals surface area contributed by atoms with E-state index >= 15 is 0 Å². The number of rotatable bonds is 7. The average molecular weight is 271 g/mol. The molecule has 0 saturated heterocycles. The van der Waals surface area contributed by atoms with Gasteiger partial charge in [-0.05, 0) is 12.3 Å². The van der Waals surface area contributed by atoms with Crippen LogP contribution in [0.25, 0.3) is 0 Å². The van der Waals surface area contributed by atoms with Crippen LogP contribution >= 0.6 is 11.3 Å². The predicted molar refractivity (Wildman–Crippen MR) is 72.7 cm³/mol. The smallest absolute Gasteiger partial charge is 0.314 e. The third-order valence-electron chi connectivity index (χ3n) is 2.39. The monoisotopic (exact) mass is 271 g/mol. The molecule has 1 atom stereocenters. The zero-order valence-electron chi connectivity index (χ0n) is 10.8. The maximum Gasteiger partial charge on any atom is 0.314 e. The summed E-state index contributed by atoms with van der Waals surface area (Å²) in [6.45, 7) is 4.92. The molecule has 1 unspecified atom stereocenters. The Bertz CT molecular complexity index is 341. The molecule has 0 aliphatic heterocycles. The van der Waals surface area contributed by atoms with Gasteiger partial charge in [0, 0.05) is 24.9 Å². The summed E-state index contributed by atoms with van der Waals surface area (Å²) in [5, 5.41) is 16.9. The van der Waals surface area contributed by atoms with Crippen molar-refractivity contribution in [2.75, 3.05) is 13.1 Å². The molecule has 3 N–H and O–H groups in total. The number of thiazole rings is 1. The van der Waals surface area contributed by atoms with Gasteiger partial charge in [0.1, 0.15) is 0 Å². The molecule has 0 saturated carbocycles. The molecule has 1 aromatic heterocycles. The van der Waals surface area contributed by atoms with Crippen molar-refractivity contribution < 1.29 is 9.90 Å². The lowest BCUT2D eigenvalue weighted by molar-refractivity contribution is 0.147. The lowest BCUT2D eigenvalue weighted by Crippen LogP contribution is -2.40. The first-order chi connectivity index (χ1) is 8.58. The maximum atomic E-state index is 11.4. The van der Waals surface area contributed by atoms with Crippen molar-refractivity contribution >= 4 is 17.4 Å². The van der Waals surface area contributed by atoms with E-state index < -0.39 is 6.10 Å². The van der Waals surface area contributed by atoms with Crippen molar-refractivity contribution in [2.24, 2.45) is 5.92 Å². The molecule has 1 aromatic rings. The molecule has 0 aromatic carbocycles. The Morgan fingerprint density at radius 3 is 2.89 bits per heavy atom. The van der Waals surface area contributed by atoms with Crippen LogP contribution in [0.1, 0.15) is 26.0 Å². The van der Waals surface area contributed by atoms with E-state index in [4.69, 9.17) is 0 Å². The third kappa shape index (κ3) is 6.56. The Labute approximate surface area is 112 Å². The summed E-state index contributed by atoms with van der Waals surface area (Å²) >= 11 is 1.55. The minimum absolute atomic E-state index is 0.243. The lowest BCUT2D eigenvalue weighted by atomic mass is 10.1. The van der Waals surface area contributed by atoms with Crippen LogP contribution in [0.3, 0.4) is 0 Å². The van der Waals surface area contributed by atoms with E-state index in [0.717, 1.165) is 12.1 Å². The van der Waals surface area contributed by atoms with Crippen molar-refractivity contribution in [2.45, 2.75) is 32.8 Å². The Hall–Kier alpha value is -1.14. The molecular weight excluding hydrogens is 250 g/mol. The van der Waals surface area contributed by atoms with Crippen molar-refractivity contribution in [1.82, 2.24) is 15.6 Å². The molecule has 0 radical (unpaired) electrons. The van der Waals surface area contributed by atoms with Gasteiger partial charge in [0.2, 0.25) is 0 Å². The number of nitrogens with zero attached hydrogens (tertiary/aromatic N) is 1. The molecule has 0 aliphatic rings. The first-order valence-corrected chi connectivity index (χ1v) is 7.09. The molecule has 1 heterocycles. The van der Waals surface area contributed by atoms with Crippen LogP contribution in [0, 0.1) is 5.92 Å². The standard InChI is InChI=1S/C12H21N3O2S/c1-9(2)5-11(16)6-14-12(17)13-4-3-10-7-18-8-15-10/h7-9,11,16H,3-6H2,1-2H3,(H2,13,14,17). The second-order valence-electron chi connectivity index (χ2n) is 4.65. The summed E-state index contributed by atoms with van der Waals surface area (Å²) in [6.07, 6.45) is 0.944. The SMILES string of the molecule is CC(C)CC(O)CNC(=O)NCCc1cscn1. The molecule has 102 valence electrons. The molecular formula is C12H21N3O2S. The Morgan fingerprint density at radius 2 is 2.28 bits per heavy atom. The van der Waals surface area contributed by atoms with Gasteiger partial charge in [0.25, 0.3) is 0 Å². The molecule has 1 rings (SSSR count). The molecule has 18 heavy (non-hydrogen) atoms. The fourth-order valence-corrected chi connectivity index (χ4v) is 2.16. The number of hydrogen-bond donors (Lipinski definition) is 3. The van der Waals surface area contributed by atoms with Crippen molar-refractivity contribution in [3.05, 3.63) is 16.6 Å². The zero-order chi connectivity index (χ0) is 13.4. The van der Waals surface area contributed by atoms with E-state index in [1.807, 2.05) is 19.2 Å². The van der Waals surface area contributed by atoms with E-state index in [1.165, 1.54) is 0 Å². The van der Waals surface area contributed by atoms with Gasteiger partial charge in [0.05, 0.1) is 17.3 Å². The van der Waals surface area contributed by atoms with Crippen molar-refractivity contribution in [3.8, 4) is 0 Å². The highest BCUT2D eigenvalue weighted by Gasteiger charge is 2.08. The summed E-state index contributed by atoms with van der Waals surface area (Å²) in [6, 6.07) is -0.243. The van der Waals surface area contributed by atoms with Crippen molar-refractivity contribution in [1.29, 1.82) is 0 Å². The van der Waals surface area contributed by atoms with E-state index in [2.05, 4.69) is 15.6 Å². The van der Waals surface area contributed by atoms with Gasteiger partial charge in [-0.1, -0.05) is 13.8 Å². The van der Waals surface area contributed by atoms with E-state index in [0.29, 0.717) is 25.4 Å². The number of nitrogens with one attached hydrogen (secondary N) is 2. The minimum Gasteiger partial charge on any atom is -0.391 e. The molecule has 0 aliphatic carbocycles. The number of amides is 2. The number of aliphatic hydroxyl groups excluding tert-OH is 1. The highest BCUT2D eigenvalue weighted by molar-refractivity contribution is 7.07. The van der Waals surface area contributed by atoms with E-state index in [-0.39, 0.29) is 6.03 Å². The van der Waals surface area contributed by atoms with Crippen LogP contribution in [0.5, 0.6) is 0 Å². The maximum absolute atomic E-state index is 11.4. The van der Waals surface area contributed by atoms with Gasteiger partial charge in [-0.2, -0.15) is 0 Å². The molecule has 0 spiro atoms. The van der Waals surface area contributed by atoms with E-state index in [1.54, 1.807) is 16.8 Å². The quantitative estimate of drug-likeness (QED) is 0.701. The van der Waals surface area contributed by atoms with Crippen LogP contribution in [-0.2, 0) is 6.42 Å². The Morgan fingerprint density at radius 1 is 1.50 bits per heavy atom. The fraction of sp³-hybridized carbons (Fsp3) is 0.667. The summed E-state index contributed by atoms with van der Waals surface area (Å²) in [5.74, 6) is 0.425. The average Bonchev–Trinajstić information content (AvgIpc) is 2.78.